The van der Waals surface area contributed by atoms with Crippen molar-refractivity contribution in [3.8, 4) is 0 Å². The molecule has 1 aromatic carbocycles. The number of nitrogens with one attached hydrogen (secondary N) is 2. The van der Waals surface area contributed by atoms with Crippen LogP contribution in [0.1, 0.15) is 27.4 Å². The van der Waals surface area contributed by atoms with Crippen molar-refractivity contribution in [2.75, 3.05) is 5.32 Å². The molecule has 2 aromatic rings. The first-order valence-corrected chi connectivity index (χ1v) is 6.40. The number of rotatable bonds is 4. The van der Waals surface area contributed by atoms with E-state index in [2.05, 4.69) is 10.6 Å². The maximum absolute atomic E-state index is 11.8. The number of hydrogen-bond donors (Lipinski definition) is 3. The van der Waals surface area contributed by atoms with Gasteiger partial charge in [-0.25, -0.2) is 9.59 Å². The Morgan fingerprint density at radius 3 is 2.57 bits per heavy atom. The first kappa shape index (κ1) is 14.6. The molecule has 0 fully saturated rings. The van der Waals surface area contributed by atoms with E-state index >= 15 is 0 Å². The molecule has 2 amide bonds. The van der Waals surface area contributed by atoms with Crippen molar-refractivity contribution in [2.24, 2.45) is 0 Å². The fourth-order valence-corrected chi connectivity index (χ4v) is 1.92. The summed E-state index contributed by atoms with van der Waals surface area (Å²) in [5.41, 5.74) is 1.13. The van der Waals surface area contributed by atoms with Gasteiger partial charge in [-0.05, 0) is 43.7 Å². The molecule has 0 unspecified atom stereocenters. The maximum Gasteiger partial charge on any atom is 0.336 e. The van der Waals surface area contributed by atoms with Gasteiger partial charge in [0.25, 0.3) is 0 Å². The van der Waals surface area contributed by atoms with E-state index < -0.39 is 12.0 Å². The summed E-state index contributed by atoms with van der Waals surface area (Å²) < 4.78 is 5.34. The molecule has 0 saturated carbocycles. The summed E-state index contributed by atoms with van der Waals surface area (Å²) in [5, 5.41) is 14.3. The summed E-state index contributed by atoms with van der Waals surface area (Å²) in [6, 6.07) is 7.91. The zero-order valence-electron chi connectivity index (χ0n) is 11.8. The van der Waals surface area contributed by atoms with Crippen molar-refractivity contribution in [1.82, 2.24) is 5.32 Å². The van der Waals surface area contributed by atoms with Crippen LogP contribution in [0.4, 0.5) is 10.5 Å². The summed E-state index contributed by atoms with van der Waals surface area (Å²) in [5.74, 6) is 0.401. The summed E-state index contributed by atoms with van der Waals surface area (Å²) >= 11 is 0. The van der Waals surface area contributed by atoms with E-state index in [1.807, 2.05) is 13.0 Å². The van der Waals surface area contributed by atoms with E-state index in [0.29, 0.717) is 17.0 Å². The van der Waals surface area contributed by atoms with Crippen molar-refractivity contribution in [3.63, 3.8) is 0 Å². The van der Waals surface area contributed by atoms with E-state index in [0.717, 1.165) is 5.76 Å². The quantitative estimate of drug-likeness (QED) is 0.806. The number of anilines is 1. The Morgan fingerprint density at radius 1 is 1.19 bits per heavy atom. The number of hydrogen-bond acceptors (Lipinski definition) is 3. The number of furan rings is 1. The van der Waals surface area contributed by atoms with Gasteiger partial charge in [0.05, 0.1) is 12.1 Å². The molecule has 0 aliphatic rings. The molecule has 0 aliphatic carbocycles. The average molecular weight is 288 g/mol. The minimum Gasteiger partial charge on any atom is -0.478 e. The molecule has 21 heavy (non-hydrogen) atoms. The van der Waals surface area contributed by atoms with Gasteiger partial charge in [-0.1, -0.05) is 6.07 Å². The number of benzene rings is 1. The van der Waals surface area contributed by atoms with Gasteiger partial charge in [0.15, 0.2) is 0 Å². The molecule has 0 atom stereocenters. The molecule has 6 heteroatoms. The van der Waals surface area contributed by atoms with Gasteiger partial charge in [-0.15, -0.1) is 0 Å². The minimum absolute atomic E-state index is 0.162. The SMILES string of the molecule is Cc1ccc(CNC(=O)Nc2cccc(C(=O)O)c2C)o1. The zero-order valence-corrected chi connectivity index (χ0v) is 11.8. The van der Waals surface area contributed by atoms with Crippen LogP contribution in [-0.4, -0.2) is 17.1 Å². The Labute approximate surface area is 121 Å². The number of aryl methyl sites for hydroxylation is 1. The van der Waals surface area contributed by atoms with Crippen molar-refractivity contribution < 1.29 is 19.1 Å². The first-order chi connectivity index (χ1) is 9.97. The lowest BCUT2D eigenvalue weighted by Crippen LogP contribution is -2.28. The molecule has 0 radical (unpaired) electrons. The number of carbonyl (C=O) groups is 2. The smallest absolute Gasteiger partial charge is 0.336 e. The second-order valence-electron chi connectivity index (χ2n) is 4.60. The molecule has 0 aliphatic heterocycles. The van der Waals surface area contributed by atoms with Crippen molar-refractivity contribution in [1.29, 1.82) is 0 Å². The molecule has 0 saturated heterocycles. The molecule has 1 aromatic heterocycles. The second-order valence-corrected chi connectivity index (χ2v) is 4.60. The number of urea groups is 1. The highest BCUT2D eigenvalue weighted by Crippen LogP contribution is 2.18. The number of carboxylic acid groups (broad SMARTS) is 1. The van der Waals surface area contributed by atoms with Gasteiger partial charge < -0.3 is 20.2 Å². The second kappa shape index (κ2) is 6.13. The third-order valence-electron chi connectivity index (χ3n) is 3.03. The predicted octanol–water partition coefficient (Wildman–Crippen LogP) is 2.92. The lowest BCUT2D eigenvalue weighted by atomic mass is 10.1. The number of aromatic carboxylic acids is 1. The van der Waals surface area contributed by atoms with Crippen LogP contribution in [0.5, 0.6) is 0 Å². The summed E-state index contributed by atoms with van der Waals surface area (Å²) in [7, 11) is 0. The van der Waals surface area contributed by atoms with Crippen LogP contribution in [-0.2, 0) is 6.54 Å². The Hall–Kier alpha value is -2.76. The van der Waals surface area contributed by atoms with Crippen LogP contribution in [0.15, 0.2) is 34.7 Å². The van der Waals surface area contributed by atoms with Crippen LogP contribution in [0.2, 0.25) is 0 Å². The van der Waals surface area contributed by atoms with E-state index in [1.165, 1.54) is 6.07 Å². The maximum atomic E-state index is 11.8. The molecule has 0 spiro atoms. The van der Waals surface area contributed by atoms with Crippen LogP contribution < -0.4 is 10.6 Å². The van der Waals surface area contributed by atoms with Crippen molar-refractivity contribution >= 4 is 17.7 Å². The number of carboxylic acids is 1. The van der Waals surface area contributed by atoms with Gasteiger partial charge in [0.2, 0.25) is 0 Å². The summed E-state index contributed by atoms with van der Waals surface area (Å²) in [6.07, 6.45) is 0. The van der Waals surface area contributed by atoms with E-state index in [9.17, 15) is 9.59 Å². The predicted molar refractivity (Wildman–Crippen MR) is 77.4 cm³/mol. The highest BCUT2D eigenvalue weighted by molar-refractivity contribution is 5.95. The number of carbonyl (C=O) groups excluding carboxylic acids is 1. The highest BCUT2D eigenvalue weighted by Gasteiger charge is 2.12. The van der Waals surface area contributed by atoms with E-state index in [-0.39, 0.29) is 12.1 Å². The summed E-state index contributed by atoms with van der Waals surface area (Å²) in [6.45, 7) is 3.73. The first-order valence-electron chi connectivity index (χ1n) is 6.40. The summed E-state index contributed by atoms with van der Waals surface area (Å²) in [4.78, 5) is 22.8. The Morgan fingerprint density at radius 2 is 1.95 bits per heavy atom. The standard InChI is InChI=1S/C15H16N2O4/c1-9-6-7-11(21-9)8-16-15(20)17-13-5-3-4-12(10(13)2)14(18)19/h3-7H,8H2,1-2H3,(H,18,19)(H2,16,17,20). The highest BCUT2D eigenvalue weighted by atomic mass is 16.4. The van der Waals surface area contributed by atoms with Crippen LogP contribution in [0.3, 0.4) is 0 Å². The van der Waals surface area contributed by atoms with E-state index in [1.54, 1.807) is 25.1 Å². The Kier molecular flexibility index (Phi) is 4.27. The molecule has 110 valence electrons. The lowest BCUT2D eigenvalue weighted by Gasteiger charge is -2.11. The van der Waals surface area contributed by atoms with Crippen LogP contribution in [0, 0.1) is 13.8 Å². The van der Waals surface area contributed by atoms with Gasteiger partial charge in [0.1, 0.15) is 11.5 Å². The third-order valence-corrected chi connectivity index (χ3v) is 3.03. The molecule has 2 rings (SSSR count). The van der Waals surface area contributed by atoms with Gasteiger partial charge in [-0.3, -0.25) is 0 Å². The molecular weight excluding hydrogens is 272 g/mol. The Bertz CT molecular complexity index is 676. The molecule has 3 N–H and O–H groups in total. The van der Waals surface area contributed by atoms with Crippen molar-refractivity contribution in [2.45, 2.75) is 20.4 Å². The zero-order chi connectivity index (χ0) is 15.4. The normalized spacial score (nSPS) is 10.2. The Balaban J connectivity index is 1.99. The van der Waals surface area contributed by atoms with E-state index in [4.69, 9.17) is 9.52 Å². The fraction of sp³-hybridized carbons (Fsp3) is 0.200. The molecule has 1 heterocycles. The van der Waals surface area contributed by atoms with Crippen LogP contribution >= 0.6 is 0 Å². The molecular formula is C15H16N2O4. The third kappa shape index (κ3) is 3.62. The topological polar surface area (TPSA) is 91.6 Å². The lowest BCUT2D eigenvalue weighted by molar-refractivity contribution is 0.0696. The van der Waals surface area contributed by atoms with Crippen LogP contribution in [0.25, 0.3) is 0 Å². The average Bonchev–Trinajstić information content (AvgIpc) is 2.84. The molecule has 0 bridgehead atoms. The molecule has 6 nitrogen and oxygen atoms in total. The van der Waals surface area contributed by atoms with Gasteiger partial charge in [0, 0.05) is 5.69 Å². The minimum atomic E-state index is -1.03. The van der Waals surface area contributed by atoms with Gasteiger partial charge >= 0.3 is 12.0 Å². The largest absolute Gasteiger partial charge is 0.478 e. The number of amides is 2. The monoisotopic (exact) mass is 288 g/mol. The van der Waals surface area contributed by atoms with Crippen molar-refractivity contribution in [3.05, 3.63) is 53.0 Å². The van der Waals surface area contributed by atoms with Gasteiger partial charge in [-0.2, -0.15) is 0 Å². The fourth-order valence-electron chi connectivity index (χ4n) is 1.92.